The van der Waals surface area contributed by atoms with E-state index >= 15 is 0 Å². The Hall–Kier alpha value is -2.82. The van der Waals surface area contributed by atoms with E-state index in [2.05, 4.69) is 36.2 Å². The third kappa shape index (κ3) is 8.83. The molecule has 0 atom stereocenters. The van der Waals surface area contributed by atoms with Crippen LogP contribution in [0.4, 0.5) is 5.69 Å². The second-order valence-electron chi connectivity index (χ2n) is 7.60. The summed E-state index contributed by atoms with van der Waals surface area (Å²) in [5.41, 5.74) is 5.20. The molecule has 0 aliphatic heterocycles. The van der Waals surface area contributed by atoms with Gasteiger partial charge in [-0.3, -0.25) is 4.79 Å². The van der Waals surface area contributed by atoms with E-state index in [4.69, 9.17) is 4.74 Å². The van der Waals surface area contributed by atoms with Gasteiger partial charge in [-0.1, -0.05) is 39.0 Å². The van der Waals surface area contributed by atoms with Gasteiger partial charge in [0.25, 0.3) is 5.91 Å². The topological polar surface area (TPSA) is 53.9 Å². The van der Waals surface area contributed by atoms with Crippen molar-refractivity contribution in [1.29, 1.82) is 0 Å². The van der Waals surface area contributed by atoms with E-state index in [0.717, 1.165) is 43.1 Å². The lowest BCUT2D eigenvalue weighted by molar-refractivity contribution is 0.0955. The summed E-state index contributed by atoms with van der Waals surface area (Å²) >= 11 is 0. The first-order valence-electron chi connectivity index (χ1n) is 11.6. The number of hydrazone groups is 1. The van der Waals surface area contributed by atoms with Crippen molar-refractivity contribution in [2.75, 3.05) is 24.6 Å². The molecule has 0 radical (unpaired) electrons. The molecule has 5 nitrogen and oxygen atoms in total. The van der Waals surface area contributed by atoms with E-state index in [1.807, 2.05) is 48.5 Å². The summed E-state index contributed by atoms with van der Waals surface area (Å²) in [6.07, 6.45) is 9.17. The Bertz CT molecular complexity index is 781. The lowest BCUT2D eigenvalue weighted by Gasteiger charge is -2.20. The zero-order chi connectivity index (χ0) is 22.3. The molecule has 0 bridgehead atoms. The normalized spacial score (nSPS) is 10.9. The van der Waals surface area contributed by atoms with E-state index in [1.165, 1.54) is 32.1 Å². The van der Waals surface area contributed by atoms with Crippen molar-refractivity contribution in [3.8, 4) is 5.75 Å². The molecule has 5 heteroatoms. The highest BCUT2D eigenvalue weighted by Gasteiger charge is 2.06. The van der Waals surface area contributed by atoms with Crippen LogP contribution < -0.4 is 15.1 Å². The van der Waals surface area contributed by atoms with Gasteiger partial charge in [0.05, 0.1) is 12.8 Å². The van der Waals surface area contributed by atoms with Crippen LogP contribution in [0, 0.1) is 0 Å². The quantitative estimate of drug-likeness (QED) is 0.229. The molecule has 0 fully saturated rings. The first-order chi connectivity index (χ1) is 15.2. The van der Waals surface area contributed by atoms with Crippen LogP contribution in [0.15, 0.2) is 53.6 Å². The summed E-state index contributed by atoms with van der Waals surface area (Å²) in [5, 5.41) is 4.07. The zero-order valence-corrected chi connectivity index (χ0v) is 19.3. The molecule has 31 heavy (non-hydrogen) atoms. The van der Waals surface area contributed by atoms with Crippen LogP contribution in [-0.4, -0.2) is 31.8 Å². The highest BCUT2D eigenvalue weighted by molar-refractivity contribution is 5.95. The number of amides is 1. The third-order valence-electron chi connectivity index (χ3n) is 5.28. The molecular weight excluding hydrogens is 386 g/mol. The summed E-state index contributed by atoms with van der Waals surface area (Å²) in [6.45, 7) is 9.10. The Morgan fingerprint density at radius 2 is 1.55 bits per heavy atom. The molecule has 0 aliphatic carbocycles. The fraction of sp³-hybridized carbons (Fsp3) is 0.462. The average molecular weight is 424 g/mol. The number of unbranched alkanes of at least 4 members (excludes halogenated alkanes) is 5. The Morgan fingerprint density at radius 3 is 2.19 bits per heavy atom. The minimum Gasteiger partial charge on any atom is -0.494 e. The van der Waals surface area contributed by atoms with E-state index in [1.54, 1.807) is 6.21 Å². The highest BCUT2D eigenvalue weighted by atomic mass is 16.5. The van der Waals surface area contributed by atoms with Gasteiger partial charge in [-0.2, -0.15) is 5.10 Å². The van der Waals surface area contributed by atoms with E-state index in [0.29, 0.717) is 5.56 Å². The lowest BCUT2D eigenvalue weighted by Crippen LogP contribution is -2.22. The van der Waals surface area contributed by atoms with Crippen LogP contribution in [0.1, 0.15) is 75.2 Å². The van der Waals surface area contributed by atoms with Crippen LogP contribution in [-0.2, 0) is 0 Å². The Labute approximate surface area is 187 Å². The molecule has 0 aliphatic rings. The van der Waals surface area contributed by atoms with Gasteiger partial charge in [-0.15, -0.1) is 0 Å². The molecule has 0 unspecified atom stereocenters. The number of rotatable bonds is 14. The summed E-state index contributed by atoms with van der Waals surface area (Å²) < 4.78 is 5.79. The van der Waals surface area contributed by atoms with Gasteiger partial charge < -0.3 is 9.64 Å². The smallest absolute Gasteiger partial charge is 0.271 e. The van der Waals surface area contributed by atoms with Crippen LogP contribution in [0.25, 0.3) is 0 Å². The van der Waals surface area contributed by atoms with Crippen LogP contribution in [0.5, 0.6) is 5.75 Å². The average Bonchev–Trinajstić information content (AvgIpc) is 2.80. The second kappa shape index (κ2) is 14.2. The SMILES string of the molecule is CCCCCCCCOc1ccc(/C=N/NC(=O)c2ccc(N(CC)CC)cc2)cc1. The molecule has 1 amide bonds. The van der Waals surface area contributed by atoms with Crippen molar-refractivity contribution in [2.24, 2.45) is 5.10 Å². The molecule has 2 aromatic rings. The molecule has 0 heterocycles. The molecule has 0 saturated carbocycles. The van der Waals surface area contributed by atoms with Gasteiger partial charge >= 0.3 is 0 Å². The number of carbonyl (C=O) groups excluding carboxylic acids is 1. The number of hydrogen-bond acceptors (Lipinski definition) is 4. The molecule has 2 rings (SSSR count). The van der Waals surface area contributed by atoms with Gasteiger partial charge in [0.1, 0.15) is 5.75 Å². The first-order valence-corrected chi connectivity index (χ1v) is 11.6. The van der Waals surface area contributed by atoms with Crippen LogP contribution in [0.2, 0.25) is 0 Å². The van der Waals surface area contributed by atoms with Crippen molar-refractivity contribution in [1.82, 2.24) is 5.43 Å². The predicted octanol–water partition coefficient (Wildman–Crippen LogP) is 6.04. The molecule has 0 aromatic heterocycles. The maximum absolute atomic E-state index is 12.3. The summed E-state index contributed by atoms with van der Waals surface area (Å²) in [6, 6.07) is 15.3. The Balaban J connectivity index is 1.74. The number of hydrogen-bond donors (Lipinski definition) is 1. The van der Waals surface area contributed by atoms with E-state index in [9.17, 15) is 4.79 Å². The fourth-order valence-electron chi connectivity index (χ4n) is 3.36. The minimum atomic E-state index is -0.221. The van der Waals surface area contributed by atoms with Gasteiger partial charge in [-0.05, 0) is 74.4 Å². The summed E-state index contributed by atoms with van der Waals surface area (Å²) in [4.78, 5) is 14.5. The minimum absolute atomic E-state index is 0.221. The van der Waals surface area contributed by atoms with Crippen molar-refractivity contribution < 1.29 is 9.53 Å². The van der Waals surface area contributed by atoms with Crippen LogP contribution >= 0.6 is 0 Å². The monoisotopic (exact) mass is 423 g/mol. The molecule has 168 valence electrons. The number of nitrogens with zero attached hydrogens (tertiary/aromatic N) is 2. The third-order valence-corrected chi connectivity index (χ3v) is 5.28. The van der Waals surface area contributed by atoms with Gasteiger partial charge in [0, 0.05) is 24.3 Å². The number of nitrogens with one attached hydrogen (secondary N) is 1. The predicted molar refractivity (Wildman–Crippen MR) is 130 cm³/mol. The van der Waals surface area contributed by atoms with Crippen molar-refractivity contribution in [3.63, 3.8) is 0 Å². The number of benzene rings is 2. The molecule has 0 spiro atoms. The van der Waals surface area contributed by atoms with Gasteiger partial charge in [-0.25, -0.2) is 5.43 Å². The standard InChI is InChI=1S/C26H37N3O2/c1-4-7-8-9-10-11-20-31-25-18-12-22(13-19-25)21-27-28-26(30)23-14-16-24(17-15-23)29(5-2)6-3/h12-19,21H,4-11,20H2,1-3H3,(H,28,30)/b27-21+. The van der Waals surface area contributed by atoms with Crippen LogP contribution in [0.3, 0.4) is 0 Å². The van der Waals surface area contributed by atoms with E-state index < -0.39 is 0 Å². The summed E-state index contributed by atoms with van der Waals surface area (Å²) in [7, 11) is 0. The first kappa shape index (κ1) is 24.4. The van der Waals surface area contributed by atoms with Crippen molar-refractivity contribution in [2.45, 2.75) is 59.3 Å². The maximum Gasteiger partial charge on any atom is 0.271 e. The largest absolute Gasteiger partial charge is 0.494 e. The number of ether oxygens (including phenoxy) is 1. The Kier molecular flexibility index (Phi) is 11.2. The molecule has 2 aromatic carbocycles. The fourth-order valence-corrected chi connectivity index (χ4v) is 3.36. The zero-order valence-electron chi connectivity index (χ0n) is 19.3. The number of anilines is 1. The highest BCUT2D eigenvalue weighted by Crippen LogP contribution is 2.15. The van der Waals surface area contributed by atoms with Gasteiger partial charge in [0.2, 0.25) is 0 Å². The van der Waals surface area contributed by atoms with E-state index in [-0.39, 0.29) is 5.91 Å². The van der Waals surface area contributed by atoms with Crippen molar-refractivity contribution in [3.05, 3.63) is 59.7 Å². The number of carbonyl (C=O) groups is 1. The van der Waals surface area contributed by atoms with Crippen molar-refractivity contribution >= 4 is 17.8 Å². The summed E-state index contributed by atoms with van der Waals surface area (Å²) in [5.74, 6) is 0.643. The lowest BCUT2D eigenvalue weighted by atomic mass is 10.1. The second-order valence-corrected chi connectivity index (χ2v) is 7.60. The van der Waals surface area contributed by atoms with Gasteiger partial charge in [0.15, 0.2) is 0 Å². The maximum atomic E-state index is 12.3. The molecule has 0 saturated heterocycles. The molecular formula is C26H37N3O2. The molecule has 1 N–H and O–H groups in total. The Morgan fingerprint density at radius 1 is 0.903 bits per heavy atom.